The number of fused-ring (bicyclic) bond motifs is 1. The first-order valence-electron chi connectivity index (χ1n) is 19.5. The van der Waals surface area contributed by atoms with Gasteiger partial charge in [-0.2, -0.15) is 0 Å². The van der Waals surface area contributed by atoms with E-state index in [4.69, 9.17) is 0 Å². The molecule has 8 aromatic rings. The third-order valence-electron chi connectivity index (χ3n) is 8.20. The van der Waals surface area contributed by atoms with Gasteiger partial charge in [-0.3, -0.25) is 0 Å². The minimum absolute atomic E-state index is 0.113. The second kappa shape index (κ2) is 12.7. The quantitative estimate of drug-likeness (QED) is 0.174. The summed E-state index contributed by atoms with van der Waals surface area (Å²) < 4.78 is 74.3. The molecule has 0 aliphatic rings. The molecule has 0 spiro atoms. The highest BCUT2D eigenvalue weighted by Crippen LogP contribution is 2.38. The summed E-state index contributed by atoms with van der Waals surface area (Å²) in [6.45, 7) is 0. The van der Waals surface area contributed by atoms with E-state index in [-0.39, 0.29) is 70.8 Å². The number of hydrogen-bond acceptors (Lipinski definition) is 1. The van der Waals surface area contributed by atoms with Crippen LogP contribution < -0.4 is 4.90 Å². The van der Waals surface area contributed by atoms with Crippen molar-refractivity contribution in [3.63, 3.8) is 0 Å². The number of anilines is 3. The fourth-order valence-corrected chi connectivity index (χ4v) is 5.88. The molecule has 0 aromatic heterocycles. The van der Waals surface area contributed by atoms with E-state index in [2.05, 4.69) is 0 Å². The van der Waals surface area contributed by atoms with Crippen LogP contribution in [0.4, 0.5) is 17.1 Å². The van der Waals surface area contributed by atoms with Crippen molar-refractivity contribution in [3.8, 4) is 44.5 Å². The van der Waals surface area contributed by atoms with Gasteiger partial charge in [0.2, 0.25) is 0 Å². The Morgan fingerprint density at radius 1 is 0.319 bits per heavy atom. The molecule has 1 nitrogen and oxygen atoms in total. The highest BCUT2D eigenvalue weighted by Gasteiger charge is 2.14. The SMILES string of the molecule is [2H]c1c([2H])c(N(c2ccccc2)c2c([2H])c([2H])c(-c3cccc(-c4cccc5ccccc45)c3)c([2H])c2[2H])c([2H])c([2H])c1-c1cccc(-c2ccccc2)c1. The summed E-state index contributed by atoms with van der Waals surface area (Å²) in [5.74, 6) is 0. The van der Waals surface area contributed by atoms with Crippen LogP contribution in [0.5, 0.6) is 0 Å². The molecule has 0 radical (unpaired) electrons. The van der Waals surface area contributed by atoms with Crippen LogP contribution in [-0.2, 0) is 0 Å². The van der Waals surface area contributed by atoms with E-state index >= 15 is 0 Å². The van der Waals surface area contributed by atoms with E-state index in [0.717, 1.165) is 33.0 Å². The van der Waals surface area contributed by atoms with Crippen LogP contribution >= 0.6 is 0 Å². The highest BCUT2D eigenvalue weighted by atomic mass is 15.1. The first-order chi connectivity index (χ1) is 26.7. The van der Waals surface area contributed by atoms with Crippen LogP contribution in [0.2, 0.25) is 0 Å². The zero-order chi connectivity index (χ0) is 38.4. The zero-order valence-corrected chi connectivity index (χ0v) is 25.4. The molecule has 0 saturated carbocycles. The Labute approximate surface area is 287 Å². The van der Waals surface area contributed by atoms with Crippen molar-refractivity contribution in [2.75, 3.05) is 4.90 Å². The van der Waals surface area contributed by atoms with Crippen molar-refractivity contribution in [1.29, 1.82) is 0 Å². The molecule has 222 valence electrons. The van der Waals surface area contributed by atoms with Crippen LogP contribution in [-0.4, -0.2) is 0 Å². The van der Waals surface area contributed by atoms with E-state index in [0.29, 0.717) is 16.8 Å². The van der Waals surface area contributed by atoms with E-state index in [9.17, 15) is 11.0 Å². The van der Waals surface area contributed by atoms with Crippen molar-refractivity contribution < 1.29 is 11.0 Å². The molecule has 0 heterocycles. The molecule has 0 saturated heterocycles. The van der Waals surface area contributed by atoms with Gasteiger partial charge in [0.05, 0.1) is 11.0 Å². The molecule has 0 unspecified atom stereocenters. The van der Waals surface area contributed by atoms with Crippen molar-refractivity contribution >= 4 is 27.8 Å². The van der Waals surface area contributed by atoms with Crippen LogP contribution in [0, 0.1) is 0 Å². The van der Waals surface area contributed by atoms with Crippen LogP contribution in [0.25, 0.3) is 55.3 Å². The largest absolute Gasteiger partial charge is 0.311 e. The first kappa shape index (κ1) is 20.8. The lowest BCUT2D eigenvalue weighted by Gasteiger charge is -2.26. The molecule has 8 aromatic carbocycles. The topological polar surface area (TPSA) is 3.24 Å². The molecule has 0 N–H and O–H groups in total. The lowest BCUT2D eigenvalue weighted by molar-refractivity contribution is 1.28. The summed E-state index contributed by atoms with van der Waals surface area (Å²) in [6, 6.07) is 44.4. The smallest absolute Gasteiger partial charge is 0.0645 e. The van der Waals surface area contributed by atoms with Gasteiger partial charge in [-0.15, -0.1) is 0 Å². The molecule has 8 rings (SSSR count). The van der Waals surface area contributed by atoms with Gasteiger partial charge in [0.15, 0.2) is 0 Å². The maximum Gasteiger partial charge on any atom is 0.0645 e. The van der Waals surface area contributed by atoms with Crippen LogP contribution in [0.3, 0.4) is 0 Å². The Hall–Kier alpha value is -6.18. The average molecular weight is 608 g/mol. The monoisotopic (exact) mass is 607 g/mol. The summed E-state index contributed by atoms with van der Waals surface area (Å²) in [7, 11) is 0. The fraction of sp³-hybridized carbons (Fsp3) is 0. The summed E-state index contributed by atoms with van der Waals surface area (Å²) in [5, 5.41) is 2.12. The summed E-state index contributed by atoms with van der Waals surface area (Å²) in [5.41, 5.74) is 4.86. The predicted molar refractivity (Wildman–Crippen MR) is 200 cm³/mol. The van der Waals surface area contributed by atoms with Gasteiger partial charge in [-0.05, 0) is 104 Å². The molecule has 0 atom stereocenters. The number of para-hydroxylation sites is 1. The molecule has 47 heavy (non-hydrogen) atoms. The van der Waals surface area contributed by atoms with E-state index in [1.165, 1.54) is 4.90 Å². The molecule has 0 bridgehead atoms. The summed E-state index contributed by atoms with van der Waals surface area (Å²) in [6.07, 6.45) is 0. The lowest BCUT2D eigenvalue weighted by Crippen LogP contribution is -2.09. The third kappa shape index (κ3) is 5.83. The predicted octanol–water partition coefficient (Wildman–Crippen LogP) is 13.0. The second-order valence-corrected chi connectivity index (χ2v) is 11.2. The molecule has 0 fully saturated rings. The minimum atomic E-state index is -0.382. The average Bonchev–Trinajstić information content (AvgIpc) is 3.22. The van der Waals surface area contributed by atoms with E-state index < -0.39 is 0 Å². The molecule has 0 aliphatic carbocycles. The normalized spacial score (nSPS) is 13.4. The minimum Gasteiger partial charge on any atom is -0.311 e. The van der Waals surface area contributed by atoms with Crippen molar-refractivity contribution in [2.24, 2.45) is 0 Å². The Balaban J connectivity index is 1.30. The van der Waals surface area contributed by atoms with Crippen LogP contribution in [0.15, 0.2) is 200 Å². The Morgan fingerprint density at radius 2 is 0.766 bits per heavy atom. The number of benzene rings is 8. The molecular weight excluding hydrogens is 567 g/mol. The van der Waals surface area contributed by atoms with Crippen molar-refractivity contribution in [3.05, 3.63) is 200 Å². The maximum atomic E-state index is 9.36. The van der Waals surface area contributed by atoms with Gasteiger partial charge in [-0.1, -0.05) is 152 Å². The van der Waals surface area contributed by atoms with Gasteiger partial charge in [0.25, 0.3) is 0 Å². The molecule has 0 aliphatic heterocycles. The zero-order valence-electron chi connectivity index (χ0n) is 33.4. The highest BCUT2D eigenvalue weighted by molar-refractivity contribution is 5.97. The first-order valence-corrected chi connectivity index (χ1v) is 15.5. The second-order valence-electron chi connectivity index (χ2n) is 11.2. The van der Waals surface area contributed by atoms with Gasteiger partial charge in [0, 0.05) is 17.1 Å². The fourth-order valence-electron chi connectivity index (χ4n) is 5.88. The Morgan fingerprint density at radius 3 is 1.40 bits per heavy atom. The van der Waals surface area contributed by atoms with Crippen LogP contribution in [0.1, 0.15) is 11.0 Å². The van der Waals surface area contributed by atoms with Crippen molar-refractivity contribution in [1.82, 2.24) is 0 Å². The lowest BCUT2D eigenvalue weighted by atomic mass is 9.95. The van der Waals surface area contributed by atoms with Crippen molar-refractivity contribution in [2.45, 2.75) is 0 Å². The Kier molecular flexibility index (Phi) is 5.60. The number of hydrogen-bond donors (Lipinski definition) is 0. The number of nitrogens with zero attached hydrogens (tertiary/aromatic N) is 1. The summed E-state index contributed by atoms with van der Waals surface area (Å²) >= 11 is 0. The van der Waals surface area contributed by atoms with Gasteiger partial charge in [-0.25, -0.2) is 0 Å². The van der Waals surface area contributed by atoms with Gasteiger partial charge in [0.1, 0.15) is 0 Å². The van der Waals surface area contributed by atoms with Gasteiger partial charge < -0.3 is 4.90 Å². The standard InChI is InChI=1S/C46H33N/c1-3-12-34(13-4-1)38-16-9-17-39(32-38)35-24-28-43(29-25-35)47(42-20-5-2-6-21-42)44-30-26-36(27-31-44)40-18-10-19-41(33-40)46-23-11-15-37-14-7-8-22-45(37)46/h1-33H/i24D,25D,26D,27D,28D,29D,30D,31D. The molecule has 0 amide bonds. The third-order valence-corrected chi connectivity index (χ3v) is 8.20. The molecule has 1 heteroatoms. The van der Waals surface area contributed by atoms with E-state index in [1.54, 1.807) is 42.5 Å². The van der Waals surface area contributed by atoms with Gasteiger partial charge >= 0.3 is 0 Å². The number of rotatable bonds is 7. The molecular formula is C46H33N. The Bertz CT molecular complexity index is 2690. The maximum absolute atomic E-state index is 9.36. The summed E-state index contributed by atoms with van der Waals surface area (Å²) in [4.78, 5) is 1.32. The van der Waals surface area contributed by atoms with E-state index in [1.807, 2.05) is 109 Å².